The van der Waals surface area contributed by atoms with Crippen LogP contribution in [0.25, 0.3) is 0 Å². The van der Waals surface area contributed by atoms with Gasteiger partial charge in [0.2, 0.25) is 0 Å². The van der Waals surface area contributed by atoms with E-state index >= 15 is 0 Å². The molecule has 0 aliphatic rings. The van der Waals surface area contributed by atoms with Crippen molar-refractivity contribution in [3.8, 4) is 5.75 Å². The van der Waals surface area contributed by atoms with Gasteiger partial charge in [0, 0.05) is 12.2 Å². The van der Waals surface area contributed by atoms with Crippen molar-refractivity contribution in [3.05, 3.63) is 23.5 Å². The third-order valence-electron chi connectivity index (χ3n) is 3.67. The average Bonchev–Trinajstić information content (AvgIpc) is 2.48. The quantitative estimate of drug-likeness (QED) is 0.570. The van der Waals surface area contributed by atoms with Crippen molar-refractivity contribution >= 4 is 0 Å². The monoisotopic (exact) mass is 292 g/mol. The highest BCUT2D eigenvalue weighted by molar-refractivity contribution is 5.29. The SMILES string of the molecule is CCCCCCCCCCOc1ccc(C)nc1CNC. The molecule has 0 aliphatic heterocycles. The van der Waals surface area contributed by atoms with E-state index in [0.29, 0.717) is 0 Å². The van der Waals surface area contributed by atoms with Gasteiger partial charge in [-0.25, -0.2) is 0 Å². The highest BCUT2D eigenvalue weighted by atomic mass is 16.5. The van der Waals surface area contributed by atoms with Crippen molar-refractivity contribution in [1.29, 1.82) is 0 Å². The van der Waals surface area contributed by atoms with Crippen LogP contribution in [0.15, 0.2) is 12.1 Å². The van der Waals surface area contributed by atoms with Crippen LogP contribution >= 0.6 is 0 Å². The Labute approximate surface area is 130 Å². The lowest BCUT2D eigenvalue weighted by Gasteiger charge is -2.11. The van der Waals surface area contributed by atoms with Crippen LogP contribution in [-0.2, 0) is 6.54 Å². The second-order valence-electron chi connectivity index (χ2n) is 5.75. The first-order chi connectivity index (χ1) is 10.3. The van der Waals surface area contributed by atoms with E-state index in [1.54, 1.807) is 0 Å². The molecule has 1 aromatic rings. The molecule has 0 fully saturated rings. The number of nitrogens with zero attached hydrogens (tertiary/aromatic N) is 1. The first-order valence-corrected chi connectivity index (χ1v) is 8.51. The Kier molecular flexibility index (Phi) is 9.88. The summed E-state index contributed by atoms with van der Waals surface area (Å²) in [6.45, 7) is 5.84. The molecule has 0 radical (unpaired) electrons. The van der Waals surface area contributed by atoms with Crippen molar-refractivity contribution in [2.45, 2.75) is 71.8 Å². The predicted octanol–water partition coefficient (Wildman–Crippen LogP) is 4.63. The molecule has 0 aromatic carbocycles. The molecule has 0 saturated heterocycles. The molecule has 3 nitrogen and oxygen atoms in total. The minimum absolute atomic E-state index is 0.758. The summed E-state index contributed by atoms with van der Waals surface area (Å²) in [5.74, 6) is 0.929. The number of aryl methyl sites for hydroxylation is 1. The van der Waals surface area contributed by atoms with Crippen LogP contribution < -0.4 is 10.1 Å². The maximum Gasteiger partial charge on any atom is 0.142 e. The standard InChI is InChI=1S/C18H32N2O/c1-4-5-6-7-8-9-10-11-14-21-18-13-12-16(2)20-17(18)15-19-3/h12-13,19H,4-11,14-15H2,1-3H3. The number of rotatable bonds is 12. The average molecular weight is 292 g/mol. The molecule has 3 heteroatoms. The van der Waals surface area contributed by atoms with Crippen molar-refractivity contribution < 1.29 is 4.74 Å². The molecule has 1 N–H and O–H groups in total. The molecule has 0 atom stereocenters. The van der Waals surface area contributed by atoms with Gasteiger partial charge in [0.05, 0.1) is 12.3 Å². The maximum atomic E-state index is 5.89. The van der Waals surface area contributed by atoms with E-state index in [1.807, 2.05) is 26.1 Å². The Morgan fingerprint density at radius 3 is 2.33 bits per heavy atom. The molecule has 0 aliphatic carbocycles. The molecule has 120 valence electrons. The van der Waals surface area contributed by atoms with E-state index in [-0.39, 0.29) is 0 Å². The second-order valence-corrected chi connectivity index (χ2v) is 5.75. The molecule has 0 bridgehead atoms. The van der Waals surface area contributed by atoms with Crippen molar-refractivity contribution in [2.24, 2.45) is 0 Å². The fourth-order valence-corrected chi connectivity index (χ4v) is 2.44. The van der Waals surface area contributed by atoms with Crippen LogP contribution in [0.1, 0.15) is 69.7 Å². The fourth-order valence-electron chi connectivity index (χ4n) is 2.44. The van der Waals surface area contributed by atoms with Gasteiger partial charge in [0.1, 0.15) is 5.75 Å². The minimum atomic E-state index is 0.758. The van der Waals surface area contributed by atoms with Gasteiger partial charge in [0.25, 0.3) is 0 Å². The van der Waals surface area contributed by atoms with Gasteiger partial charge >= 0.3 is 0 Å². The summed E-state index contributed by atoms with van der Waals surface area (Å²) in [7, 11) is 1.94. The molecule has 1 aromatic heterocycles. The minimum Gasteiger partial charge on any atom is -0.492 e. The molecule has 0 spiro atoms. The maximum absolute atomic E-state index is 5.89. The number of hydrogen-bond donors (Lipinski definition) is 1. The fraction of sp³-hybridized carbons (Fsp3) is 0.722. The summed E-state index contributed by atoms with van der Waals surface area (Å²) in [6, 6.07) is 4.06. The van der Waals surface area contributed by atoms with Crippen LogP contribution in [-0.4, -0.2) is 18.6 Å². The lowest BCUT2D eigenvalue weighted by molar-refractivity contribution is 0.299. The summed E-state index contributed by atoms with van der Waals surface area (Å²) >= 11 is 0. The molecule has 1 heterocycles. The third kappa shape index (κ3) is 8.05. The Morgan fingerprint density at radius 2 is 1.67 bits per heavy atom. The normalized spacial score (nSPS) is 10.8. The summed E-state index contributed by atoms with van der Waals surface area (Å²) in [5.41, 5.74) is 2.05. The van der Waals surface area contributed by atoms with Gasteiger partial charge < -0.3 is 10.1 Å². The van der Waals surface area contributed by atoms with Crippen LogP contribution in [0.5, 0.6) is 5.75 Å². The summed E-state index contributed by atoms with van der Waals surface area (Å²) in [4.78, 5) is 4.53. The Hall–Kier alpha value is -1.09. The van der Waals surface area contributed by atoms with Crippen molar-refractivity contribution in [2.75, 3.05) is 13.7 Å². The number of pyridine rings is 1. The predicted molar refractivity (Wildman–Crippen MR) is 89.8 cm³/mol. The largest absolute Gasteiger partial charge is 0.492 e. The van der Waals surface area contributed by atoms with E-state index in [0.717, 1.165) is 36.7 Å². The number of ether oxygens (including phenoxy) is 1. The smallest absolute Gasteiger partial charge is 0.142 e. The Balaban J connectivity index is 2.15. The Bertz CT molecular complexity index is 379. The van der Waals surface area contributed by atoms with Gasteiger partial charge in [-0.3, -0.25) is 4.98 Å². The molecule has 21 heavy (non-hydrogen) atoms. The van der Waals surface area contributed by atoms with E-state index in [2.05, 4.69) is 17.2 Å². The van der Waals surface area contributed by atoms with Gasteiger partial charge in [-0.2, -0.15) is 0 Å². The topological polar surface area (TPSA) is 34.1 Å². The molecular formula is C18H32N2O. The zero-order valence-corrected chi connectivity index (χ0v) is 14.1. The first-order valence-electron chi connectivity index (χ1n) is 8.51. The lowest BCUT2D eigenvalue weighted by atomic mass is 10.1. The van der Waals surface area contributed by atoms with Gasteiger partial charge in [-0.1, -0.05) is 51.9 Å². The highest BCUT2D eigenvalue weighted by Crippen LogP contribution is 2.17. The highest BCUT2D eigenvalue weighted by Gasteiger charge is 2.04. The molecule has 1 rings (SSSR count). The molecule has 0 unspecified atom stereocenters. The number of aromatic nitrogens is 1. The number of hydrogen-bond acceptors (Lipinski definition) is 3. The van der Waals surface area contributed by atoms with E-state index in [4.69, 9.17) is 4.74 Å². The van der Waals surface area contributed by atoms with E-state index in [1.165, 1.54) is 44.9 Å². The van der Waals surface area contributed by atoms with Gasteiger partial charge in [-0.05, 0) is 32.5 Å². The van der Waals surface area contributed by atoms with E-state index in [9.17, 15) is 0 Å². The zero-order chi connectivity index (χ0) is 15.3. The number of unbranched alkanes of at least 4 members (excludes halogenated alkanes) is 7. The molecule has 0 saturated carbocycles. The number of nitrogens with one attached hydrogen (secondary N) is 1. The van der Waals surface area contributed by atoms with Crippen LogP contribution in [0.3, 0.4) is 0 Å². The zero-order valence-electron chi connectivity index (χ0n) is 14.1. The van der Waals surface area contributed by atoms with E-state index < -0.39 is 0 Å². The van der Waals surface area contributed by atoms with Crippen LogP contribution in [0, 0.1) is 6.92 Å². The lowest BCUT2D eigenvalue weighted by Crippen LogP contribution is -2.10. The van der Waals surface area contributed by atoms with Crippen molar-refractivity contribution in [3.63, 3.8) is 0 Å². The summed E-state index contributed by atoms with van der Waals surface area (Å²) in [6.07, 6.45) is 10.6. The molecular weight excluding hydrogens is 260 g/mol. The van der Waals surface area contributed by atoms with Crippen molar-refractivity contribution in [1.82, 2.24) is 10.3 Å². The molecule has 0 amide bonds. The Morgan fingerprint density at radius 1 is 1.00 bits per heavy atom. The summed E-state index contributed by atoms with van der Waals surface area (Å²) in [5, 5.41) is 3.14. The van der Waals surface area contributed by atoms with Gasteiger partial charge in [0.15, 0.2) is 0 Å². The summed E-state index contributed by atoms with van der Waals surface area (Å²) < 4.78 is 5.89. The van der Waals surface area contributed by atoms with Crippen LogP contribution in [0.2, 0.25) is 0 Å². The second kappa shape index (κ2) is 11.6. The van der Waals surface area contributed by atoms with Crippen LogP contribution in [0.4, 0.5) is 0 Å². The first kappa shape index (κ1) is 18.0. The third-order valence-corrected chi connectivity index (χ3v) is 3.67. The van der Waals surface area contributed by atoms with Gasteiger partial charge in [-0.15, -0.1) is 0 Å².